The molecule has 0 spiro atoms. The Morgan fingerprint density at radius 3 is 2.03 bits per heavy atom. The summed E-state index contributed by atoms with van der Waals surface area (Å²) < 4.78 is 0. The third-order valence-corrected chi connectivity index (χ3v) is 5.90. The Kier molecular flexibility index (Phi) is 12.2. The highest BCUT2D eigenvalue weighted by Gasteiger charge is 2.17. The molecule has 2 N–H and O–H groups in total. The van der Waals surface area contributed by atoms with Crippen LogP contribution in [0.15, 0.2) is 73.1 Å². The molecule has 0 unspecified atom stereocenters. The van der Waals surface area contributed by atoms with Gasteiger partial charge in [0.2, 0.25) is 0 Å². The molecular formula is C28H38N2S2. The van der Waals surface area contributed by atoms with Crippen LogP contribution in [0.2, 0.25) is 0 Å². The van der Waals surface area contributed by atoms with Gasteiger partial charge in [-0.15, -0.1) is 23.3 Å². The van der Waals surface area contributed by atoms with Gasteiger partial charge in [-0.05, 0) is 42.0 Å². The Balaban J connectivity index is 0.000000488. The minimum atomic E-state index is 0.583. The van der Waals surface area contributed by atoms with Crippen molar-refractivity contribution in [3.05, 3.63) is 89.8 Å². The summed E-state index contributed by atoms with van der Waals surface area (Å²) in [6, 6.07) is 16.5. The van der Waals surface area contributed by atoms with Gasteiger partial charge in [0.05, 0.1) is 5.69 Å². The minimum absolute atomic E-state index is 0.583. The molecule has 2 aromatic rings. The van der Waals surface area contributed by atoms with Gasteiger partial charge in [0.1, 0.15) is 0 Å². The molecule has 0 saturated carbocycles. The minimum Gasteiger partial charge on any atom is -0.403 e. The predicted molar refractivity (Wildman–Crippen MR) is 149 cm³/mol. The maximum absolute atomic E-state index is 5.72. The molecular weight excluding hydrogens is 428 g/mol. The summed E-state index contributed by atoms with van der Waals surface area (Å²) in [4.78, 5) is 2.24. The number of fused-ring (bicyclic) bond motifs is 2. The molecule has 3 rings (SSSR count). The lowest BCUT2D eigenvalue weighted by molar-refractivity contribution is 0.338. The Morgan fingerprint density at radius 1 is 0.938 bits per heavy atom. The molecule has 0 aliphatic carbocycles. The zero-order valence-electron chi connectivity index (χ0n) is 20.0. The number of hydrogen-bond donors (Lipinski definition) is 3. The third kappa shape index (κ3) is 8.73. The average molecular weight is 467 g/mol. The van der Waals surface area contributed by atoms with E-state index in [1.54, 1.807) is 0 Å². The summed E-state index contributed by atoms with van der Waals surface area (Å²) in [7, 11) is 0. The number of thiol groups is 2. The predicted octanol–water partition coefficient (Wildman–Crippen LogP) is 7.77. The molecule has 32 heavy (non-hydrogen) atoms. The van der Waals surface area contributed by atoms with Crippen LogP contribution in [0.5, 0.6) is 0 Å². The molecule has 0 radical (unpaired) electrons. The number of hydrogen-bond acceptors (Lipinski definition) is 4. The lowest BCUT2D eigenvalue weighted by atomic mass is 9.88. The third-order valence-electron chi connectivity index (χ3n) is 5.90. The summed E-state index contributed by atoms with van der Waals surface area (Å²) in [5.74, 6) is 6.59. The van der Waals surface area contributed by atoms with Crippen molar-refractivity contribution < 1.29 is 0 Å². The van der Waals surface area contributed by atoms with Gasteiger partial charge in [-0.2, -0.15) is 0 Å². The second kappa shape index (κ2) is 14.0. The SMILES string of the molecule is C=C(N)CCC(=C)N1Cc2ccccc2C#Cc2ccccc21.CCC(C)(C)CC.SS. The van der Waals surface area contributed by atoms with Crippen molar-refractivity contribution >= 4 is 29.0 Å². The highest BCUT2D eigenvalue weighted by Crippen LogP contribution is 2.29. The lowest BCUT2D eigenvalue weighted by Gasteiger charge is -2.29. The zero-order chi connectivity index (χ0) is 24.1. The van der Waals surface area contributed by atoms with Gasteiger partial charge in [-0.3, -0.25) is 0 Å². The highest BCUT2D eigenvalue weighted by atomic mass is 33.1. The first-order chi connectivity index (χ1) is 15.3. The van der Waals surface area contributed by atoms with E-state index in [2.05, 4.69) is 111 Å². The lowest BCUT2D eigenvalue weighted by Crippen LogP contribution is -2.23. The molecule has 0 atom stereocenters. The van der Waals surface area contributed by atoms with E-state index in [9.17, 15) is 0 Å². The summed E-state index contributed by atoms with van der Waals surface area (Å²) in [5.41, 5.74) is 12.4. The van der Waals surface area contributed by atoms with Crippen molar-refractivity contribution in [2.24, 2.45) is 11.1 Å². The quantitative estimate of drug-likeness (QED) is 0.231. The van der Waals surface area contributed by atoms with Crippen LogP contribution in [0, 0.1) is 17.3 Å². The summed E-state index contributed by atoms with van der Waals surface area (Å²) in [6.45, 7) is 17.9. The normalized spacial score (nSPS) is 11.5. The topological polar surface area (TPSA) is 29.3 Å². The molecule has 4 heteroatoms. The van der Waals surface area contributed by atoms with Crippen molar-refractivity contribution in [3.63, 3.8) is 0 Å². The van der Waals surface area contributed by atoms with Gasteiger partial charge >= 0.3 is 0 Å². The fourth-order valence-electron chi connectivity index (χ4n) is 2.96. The first kappa shape index (κ1) is 27.8. The largest absolute Gasteiger partial charge is 0.403 e. The number of allylic oxidation sites excluding steroid dienone is 2. The van der Waals surface area contributed by atoms with E-state index in [-0.39, 0.29) is 0 Å². The molecule has 0 fully saturated rings. The molecule has 1 aliphatic rings. The van der Waals surface area contributed by atoms with E-state index < -0.39 is 0 Å². The van der Waals surface area contributed by atoms with E-state index in [0.717, 1.165) is 41.9 Å². The molecule has 0 saturated heterocycles. The smallest absolute Gasteiger partial charge is 0.0570 e. The second-order valence-electron chi connectivity index (χ2n) is 8.61. The van der Waals surface area contributed by atoms with Gasteiger partial charge < -0.3 is 10.6 Å². The molecule has 2 nitrogen and oxygen atoms in total. The number of nitrogens with zero attached hydrogens (tertiary/aromatic N) is 1. The molecule has 0 amide bonds. The van der Waals surface area contributed by atoms with Gasteiger partial charge in [-0.1, -0.05) is 95.9 Å². The maximum Gasteiger partial charge on any atom is 0.0570 e. The van der Waals surface area contributed by atoms with Crippen LogP contribution in [0.3, 0.4) is 0 Å². The highest BCUT2D eigenvalue weighted by molar-refractivity contribution is 8.59. The van der Waals surface area contributed by atoms with E-state index >= 15 is 0 Å². The molecule has 172 valence electrons. The van der Waals surface area contributed by atoms with Crippen LogP contribution < -0.4 is 10.6 Å². The fourth-order valence-corrected chi connectivity index (χ4v) is 2.96. The standard InChI is InChI=1S/C21H20N2.C7H16.H2S2/c1-16(22)11-12-17(2)23-15-20-9-4-3-7-18(20)13-14-19-8-5-6-10-21(19)23;1-5-7(3,4)6-2;1-2/h3-10H,1-2,11-12,15,22H2;5-6H2,1-4H3;1-2H. The number of benzene rings is 2. The van der Waals surface area contributed by atoms with Crippen molar-refractivity contribution in [2.45, 2.75) is 59.9 Å². The molecule has 1 heterocycles. The first-order valence-corrected chi connectivity index (χ1v) is 12.6. The van der Waals surface area contributed by atoms with Crippen LogP contribution >= 0.6 is 23.3 Å². The van der Waals surface area contributed by atoms with Crippen LogP contribution in [-0.4, -0.2) is 0 Å². The molecule has 0 aromatic heterocycles. The van der Waals surface area contributed by atoms with Crippen molar-refractivity contribution in [1.29, 1.82) is 0 Å². The molecule has 1 aliphatic heterocycles. The van der Waals surface area contributed by atoms with Gasteiger partial charge in [-0.25, -0.2) is 0 Å². The number of para-hydroxylation sites is 1. The Labute approximate surface area is 206 Å². The number of anilines is 1. The Morgan fingerprint density at radius 2 is 1.47 bits per heavy atom. The number of nitrogens with two attached hydrogens (primary N) is 1. The fraction of sp³-hybridized carbons (Fsp3) is 0.357. The first-order valence-electron chi connectivity index (χ1n) is 11.0. The van der Waals surface area contributed by atoms with E-state index in [0.29, 0.717) is 11.1 Å². The van der Waals surface area contributed by atoms with Crippen LogP contribution in [0.25, 0.3) is 0 Å². The van der Waals surface area contributed by atoms with Crippen LogP contribution in [0.4, 0.5) is 5.69 Å². The van der Waals surface area contributed by atoms with Gasteiger partial charge in [0.25, 0.3) is 0 Å². The van der Waals surface area contributed by atoms with Crippen molar-refractivity contribution in [1.82, 2.24) is 0 Å². The Hall–Kier alpha value is -2.22. The van der Waals surface area contributed by atoms with E-state index in [1.165, 1.54) is 18.4 Å². The van der Waals surface area contributed by atoms with Crippen molar-refractivity contribution in [2.75, 3.05) is 4.90 Å². The molecule has 0 bridgehead atoms. The van der Waals surface area contributed by atoms with Gasteiger partial charge in [0, 0.05) is 29.1 Å². The van der Waals surface area contributed by atoms with Gasteiger partial charge in [0.15, 0.2) is 0 Å². The average Bonchev–Trinajstić information content (AvgIpc) is 2.80. The summed E-state index contributed by atoms with van der Waals surface area (Å²) >= 11 is 6.44. The zero-order valence-corrected chi connectivity index (χ0v) is 21.8. The molecule has 2 aromatic carbocycles. The second-order valence-corrected chi connectivity index (χ2v) is 8.61. The maximum atomic E-state index is 5.72. The van der Waals surface area contributed by atoms with Crippen molar-refractivity contribution in [3.8, 4) is 11.8 Å². The van der Waals surface area contributed by atoms with E-state index in [4.69, 9.17) is 5.73 Å². The monoisotopic (exact) mass is 466 g/mol. The van der Waals surface area contributed by atoms with E-state index in [1.807, 2.05) is 18.2 Å². The summed E-state index contributed by atoms with van der Waals surface area (Å²) in [6.07, 6.45) is 4.12. The van der Waals surface area contributed by atoms with Crippen LogP contribution in [0.1, 0.15) is 70.1 Å². The Bertz CT molecular complexity index is 945. The van der Waals surface area contributed by atoms with Crippen LogP contribution in [-0.2, 0) is 6.54 Å². The summed E-state index contributed by atoms with van der Waals surface area (Å²) in [5, 5.41) is 0. The number of rotatable bonds is 6.